The summed E-state index contributed by atoms with van der Waals surface area (Å²) >= 11 is 0. The fourth-order valence-corrected chi connectivity index (χ4v) is 3.18. The van der Waals surface area contributed by atoms with Crippen LogP contribution in [0.15, 0.2) is 63.4 Å². The fraction of sp³-hybridized carbons (Fsp3) is 0.222. The van der Waals surface area contributed by atoms with Crippen LogP contribution in [-0.2, 0) is 11.3 Å². The maximum Gasteiger partial charge on any atom is 0.243 e. The molecule has 0 fully saturated rings. The average molecular weight is 333 g/mol. The standard InChI is InChI=1S/C18H15N5O2/c1-11-4-5-15-21-17-14(18(24)22(15)9-11)7-12(8-19)16(20)23(17)10-13-3-2-6-25-13/h2-7,9,14,17,20H,10H2,1H3. The molecule has 2 unspecified atom stereocenters. The van der Waals surface area contributed by atoms with Crippen molar-refractivity contribution in [1.29, 1.82) is 10.7 Å². The van der Waals surface area contributed by atoms with Gasteiger partial charge in [0.2, 0.25) is 5.91 Å². The number of allylic oxidation sites excluding steroid dienone is 2. The summed E-state index contributed by atoms with van der Waals surface area (Å²) in [5, 5.41) is 17.7. The summed E-state index contributed by atoms with van der Waals surface area (Å²) in [6, 6.07) is 5.57. The van der Waals surface area contributed by atoms with Crippen LogP contribution in [0.4, 0.5) is 0 Å². The number of carbonyl (C=O) groups is 1. The Morgan fingerprint density at radius 1 is 1.44 bits per heavy atom. The van der Waals surface area contributed by atoms with Gasteiger partial charge in [0.25, 0.3) is 0 Å². The van der Waals surface area contributed by atoms with Crippen LogP contribution in [0.2, 0.25) is 0 Å². The molecule has 0 spiro atoms. The smallest absolute Gasteiger partial charge is 0.243 e. The molecule has 3 aliphatic heterocycles. The molecule has 0 saturated carbocycles. The van der Waals surface area contributed by atoms with Crippen LogP contribution in [0.5, 0.6) is 0 Å². The minimum absolute atomic E-state index is 0.0530. The first-order valence-corrected chi connectivity index (χ1v) is 7.86. The van der Waals surface area contributed by atoms with Gasteiger partial charge in [-0.15, -0.1) is 0 Å². The molecular weight excluding hydrogens is 318 g/mol. The van der Waals surface area contributed by atoms with E-state index in [2.05, 4.69) is 4.99 Å². The Labute approximate surface area is 144 Å². The van der Waals surface area contributed by atoms with Crippen molar-refractivity contribution in [1.82, 2.24) is 9.80 Å². The molecule has 3 aliphatic rings. The van der Waals surface area contributed by atoms with E-state index in [0.29, 0.717) is 11.6 Å². The largest absolute Gasteiger partial charge is 0.467 e. The number of hydrogen-bond acceptors (Lipinski definition) is 5. The topological polar surface area (TPSA) is 96.7 Å². The predicted molar refractivity (Wildman–Crippen MR) is 90.1 cm³/mol. The van der Waals surface area contributed by atoms with Crippen LogP contribution in [0, 0.1) is 22.7 Å². The van der Waals surface area contributed by atoms with Crippen molar-refractivity contribution in [3.8, 4) is 6.07 Å². The summed E-state index contributed by atoms with van der Waals surface area (Å²) in [5.41, 5.74) is 1.12. The lowest BCUT2D eigenvalue weighted by Crippen LogP contribution is -2.55. The van der Waals surface area contributed by atoms with E-state index in [1.807, 2.05) is 19.1 Å². The van der Waals surface area contributed by atoms with Gasteiger partial charge in [0.15, 0.2) is 0 Å². The molecule has 0 aliphatic carbocycles. The number of hydrogen-bond donors (Lipinski definition) is 1. The first-order chi connectivity index (χ1) is 12.1. The zero-order chi connectivity index (χ0) is 17.6. The third-order valence-electron chi connectivity index (χ3n) is 4.42. The van der Waals surface area contributed by atoms with Gasteiger partial charge in [0, 0.05) is 6.20 Å². The number of nitrogens with one attached hydrogen (secondary N) is 1. The van der Waals surface area contributed by atoms with Gasteiger partial charge in [-0.2, -0.15) is 5.26 Å². The van der Waals surface area contributed by atoms with Gasteiger partial charge in [-0.05, 0) is 36.8 Å². The molecule has 1 aromatic heterocycles. The fourth-order valence-electron chi connectivity index (χ4n) is 3.18. The van der Waals surface area contributed by atoms with E-state index in [9.17, 15) is 10.1 Å². The number of nitriles is 1. The molecule has 0 aromatic carbocycles. The van der Waals surface area contributed by atoms with Gasteiger partial charge in [0.1, 0.15) is 29.7 Å². The Kier molecular flexibility index (Phi) is 3.39. The molecule has 124 valence electrons. The van der Waals surface area contributed by atoms with Gasteiger partial charge < -0.3 is 9.32 Å². The average Bonchev–Trinajstić information content (AvgIpc) is 3.11. The third-order valence-corrected chi connectivity index (χ3v) is 4.42. The Hall–Kier alpha value is -3.40. The molecule has 7 nitrogen and oxygen atoms in total. The monoisotopic (exact) mass is 333 g/mol. The molecule has 1 N–H and O–H groups in total. The summed E-state index contributed by atoms with van der Waals surface area (Å²) in [5.74, 6) is 0.481. The summed E-state index contributed by atoms with van der Waals surface area (Å²) < 4.78 is 5.37. The molecule has 1 amide bonds. The Bertz CT molecular complexity index is 914. The second kappa shape index (κ2) is 5.60. The van der Waals surface area contributed by atoms with Gasteiger partial charge in [-0.3, -0.25) is 15.1 Å². The van der Waals surface area contributed by atoms with E-state index >= 15 is 0 Å². The van der Waals surface area contributed by atoms with Gasteiger partial charge >= 0.3 is 0 Å². The van der Waals surface area contributed by atoms with Crippen molar-refractivity contribution in [2.75, 3.05) is 0 Å². The van der Waals surface area contributed by atoms with Crippen molar-refractivity contribution >= 4 is 17.6 Å². The van der Waals surface area contributed by atoms with E-state index in [1.165, 1.54) is 4.90 Å². The minimum Gasteiger partial charge on any atom is -0.467 e. The SMILES string of the molecule is CC1=CN2C(=O)C3C=C(C#N)C(=N)N(Cc4ccco4)C3N=C2C=C1. The second-order valence-corrected chi connectivity index (χ2v) is 6.09. The lowest BCUT2D eigenvalue weighted by Gasteiger charge is -2.42. The molecule has 7 heteroatoms. The Balaban J connectivity index is 1.79. The maximum atomic E-state index is 12.9. The first kappa shape index (κ1) is 15.1. The Morgan fingerprint density at radius 3 is 3.00 bits per heavy atom. The van der Waals surface area contributed by atoms with E-state index in [4.69, 9.17) is 9.83 Å². The number of amides is 1. The van der Waals surface area contributed by atoms with Crippen molar-refractivity contribution in [3.05, 3.63) is 59.7 Å². The Morgan fingerprint density at radius 2 is 2.28 bits per heavy atom. The van der Waals surface area contributed by atoms with Crippen molar-refractivity contribution < 1.29 is 9.21 Å². The minimum atomic E-state index is -0.613. The zero-order valence-electron chi connectivity index (χ0n) is 13.5. The van der Waals surface area contributed by atoms with Crippen LogP contribution in [0.1, 0.15) is 12.7 Å². The predicted octanol–water partition coefficient (Wildman–Crippen LogP) is 2.18. The zero-order valence-corrected chi connectivity index (χ0v) is 13.5. The summed E-state index contributed by atoms with van der Waals surface area (Å²) in [7, 11) is 0. The highest BCUT2D eigenvalue weighted by atomic mass is 16.3. The summed E-state index contributed by atoms with van der Waals surface area (Å²) in [4.78, 5) is 20.8. The van der Waals surface area contributed by atoms with Crippen molar-refractivity contribution in [3.63, 3.8) is 0 Å². The van der Waals surface area contributed by atoms with E-state index in [0.717, 1.165) is 5.57 Å². The highest BCUT2D eigenvalue weighted by Gasteiger charge is 2.44. The quantitative estimate of drug-likeness (QED) is 0.897. The number of carbonyl (C=O) groups excluding carboxylic acids is 1. The van der Waals surface area contributed by atoms with E-state index < -0.39 is 12.1 Å². The molecule has 4 rings (SSSR count). The van der Waals surface area contributed by atoms with Crippen LogP contribution in [-0.4, -0.2) is 33.5 Å². The van der Waals surface area contributed by atoms with Gasteiger partial charge in [0.05, 0.1) is 24.3 Å². The van der Waals surface area contributed by atoms with Crippen molar-refractivity contribution in [2.45, 2.75) is 19.6 Å². The van der Waals surface area contributed by atoms with Crippen molar-refractivity contribution in [2.24, 2.45) is 10.9 Å². The van der Waals surface area contributed by atoms with Crippen LogP contribution in [0.25, 0.3) is 0 Å². The highest BCUT2D eigenvalue weighted by molar-refractivity contribution is 6.11. The van der Waals surface area contributed by atoms with E-state index in [-0.39, 0.29) is 23.9 Å². The number of amidine groups is 2. The number of rotatable bonds is 2. The molecule has 4 heterocycles. The third kappa shape index (κ3) is 2.39. The molecule has 25 heavy (non-hydrogen) atoms. The molecule has 1 aromatic rings. The molecule has 0 bridgehead atoms. The second-order valence-electron chi connectivity index (χ2n) is 6.09. The maximum absolute atomic E-state index is 12.9. The first-order valence-electron chi connectivity index (χ1n) is 7.86. The number of aliphatic imine (C=N–C) groups is 1. The highest BCUT2D eigenvalue weighted by Crippen LogP contribution is 2.32. The molecular formula is C18H15N5O2. The number of nitrogens with zero attached hydrogens (tertiary/aromatic N) is 4. The molecule has 0 radical (unpaired) electrons. The summed E-state index contributed by atoms with van der Waals surface area (Å²) in [6.07, 6.45) is 7.97. The number of fused-ring (bicyclic) bond motifs is 2. The van der Waals surface area contributed by atoms with Gasteiger partial charge in [-0.25, -0.2) is 4.99 Å². The molecule has 2 atom stereocenters. The van der Waals surface area contributed by atoms with E-state index in [1.54, 1.807) is 41.6 Å². The number of furan rings is 1. The lowest BCUT2D eigenvalue weighted by atomic mass is 9.92. The van der Waals surface area contributed by atoms with Gasteiger partial charge in [-0.1, -0.05) is 6.08 Å². The van der Waals surface area contributed by atoms with Crippen LogP contribution < -0.4 is 0 Å². The lowest BCUT2D eigenvalue weighted by molar-refractivity contribution is -0.130. The van der Waals surface area contributed by atoms with Crippen LogP contribution in [0.3, 0.4) is 0 Å². The molecule has 0 saturated heterocycles. The summed E-state index contributed by atoms with van der Waals surface area (Å²) in [6.45, 7) is 2.18. The normalized spacial score (nSPS) is 24.9. The van der Waals surface area contributed by atoms with Crippen LogP contribution >= 0.6 is 0 Å².